The van der Waals surface area contributed by atoms with E-state index in [1.54, 1.807) is 13.8 Å². The zero-order valence-corrected chi connectivity index (χ0v) is 10.2. The van der Waals surface area contributed by atoms with Crippen molar-refractivity contribution in [2.24, 2.45) is 0 Å². The molecule has 0 spiro atoms. The molecule has 0 aliphatic heterocycles. The van der Waals surface area contributed by atoms with Gasteiger partial charge >= 0.3 is 6.18 Å². The molecule has 0 saturated heterocycles. The minimum Gasteiger partial charge on any atom is -0.346 e. The Kier molecular flexibility index (Phi) is 5.02. The van der Waals surface area contributed by atoms with Gasteiger partial charge in [0.2, 0.25) is 0 Å². The maximum atomic E-state index is 12.7. The van der Waals surface area contributed by atoms with Crippen molar-refractivity contribution in [3.05, 3.63) is 22.8 Å². The van der Waals surface area contributed by atoms with Crippen LogP contribution >= 0.6 is 0 Å². The molecule has 0 fully saturated rings. The van der Waals surface area contributed by atoms with Gasteiger partial charge in [-0.05, 0) is 27.7 Å². The van der Waals surface area contributed by atoms with E-state index in [-0.39, 0.29) is 11.3 Å². The van der Waals surface area contributed by atoms with Crippen LogP contribution in [0.3, 0.4) is 0 Å². The van der Waals surface area contributed by atoms with E-state index in [1.165, 1.54) is 13.8 Å². The van der Waals surface area contributed by atoms with Crippen molar-refractivity contribution in [3.8, 4) is 12.8 Å². The molecule has 17 heavy (non-hydrogen) atoms. The van der Waals surface area contributed by atoms with Crippen LogP contribution in [0.25, 0.3) is 5.57 Å². The van der Waals surface area contributed by atoms with Crippen molar-refractivity contribution >= 4 is 5.57 Å². The second kappa shape index (κ2) is 5.58. The Morgan fingerprint density at radius 2 is 1.65 bits per heavy atom. The first-order valence-electron chi connectivity index (χ1n) is 4.85. The SMILES string of the molecule is C#C.CC(C)=C(c1nc(C)[nH]c1C)C(F)(F)F. The number of alkyl halides is 3. The van der Waals surface area contributed by atoms with Crippen molar-refractivity contribution in [2.75, 3.05) is 0 Å². The Balaban J connectivity index is 0.00000121. The van der Waals surface area contributed by atoms with E-state index in [0.717, 1.165) is 0 Å². The number of imidazole rings is 1. The number of allylic oxidation sites excluding steroid dienone is 2. The Labute approximate surface area is 99.0 Å². The van der Waals surface area contributed by atoms with Gasteiger partial charge in [0.1, 0.15) is 5.82 Å². The maximum Gasteiger partial charge on any atom is 0.418 e. The summed E-state index contributed by atoms with van der Waals surface area (Å²) in [6, 6.07) is 0. The molecule has 0 atom stereocenters. The zero-order valence-electron chi connectivity index (χ0n) is 10.2. The molecule has 0 saturated carbocycles. The highest BCUT2D eigenvalue weighted by atomic mass is 19.4. The summed E-state index contributed by atoms with van der Waals surface area (Å²) in [5.41, 5.74) is 0.0162. The number of aromatic nitrogens is 2. The number of hydrogen-bond donors (Lipinski definition) is 1. The van der Waals surface area contributed by atoms with Gasteiger partial charge in [-0.1, -0.05) is 5.57 Å². The monoisotopic (exact) mass is 244 g/mol. The van der Waals surface area contributed by atoms with Crippen molar-refractivity contribution in [2.45, 2.75) is 33.9 Å². The normalized spacial score (nSPS) is 10.4. The molecule has 1 rings (SSSR count). The molecule has 2 nitrogen and oxygen atoms in total. The fraction of sp³-hybridized carbons (Fsp3) is 0.417. The second-order valence-corrected chi connectivity index (χ2v) is 3.67. The number of rotatable bonds is 1. The lowest BCUT2D eigenvalue weighted by molar-refractivity contribution is -0.0696. The van der Waals surface area contributed by atoms with Crippen LogP contribution in [0.5, 0.6) is 0 Å². The summed E-state index contributed by atoms with van der Waals surface area (Å²) >= 11 is 0. The molecular weight excluding hydrogens is 229 g/mol. The number of H-pyrrole nitrogens is 1. The van der Waals surface area contributed by atoms with Gasteiger partial charge in [0.05, 0.1) is 11.3 Å². The first kappa shape index (κ1) is 15.3. The van der Waals surface area contributed by atoms with E-state index in [4.69, 9.17) is 0 Å². The first-order chi connectivity index (χ1) is 7.73. The third-order valence-corrected chi connectivity index (χ3v) is 2.02. The highest BCUT2D eigenvalue weighted by molar-refractivity contribution is 5.71. The summed E-state index contributed by atoms with van der Waals surface area (Å²) in [5.74, 6) is 0.491. The van der Waals surface area contributed by atoms with Crippen molar-refractivity contribution in [1.82, 2.24) is 9.97 Å². The summed E-state index contributed by atoms with van der Waals surface area (Å²) in [6.07, 6.45) is 3.64. The summed E-state index contributed by atoms with van der Waals surface area (Å²) in [5, 5.41) is 0. The molecule has 1 aromatic heterocycles. The van der Waals surface area contributed by atoms with Crippen molar-refractivity contribution in [1.29, 1.82) is 0 Å². The first-order valence-corrected chi connectivity index (χ1v) is 4.85. The van der Waals surface area contributed by atoms with Crippen LogP contribution in [-0.2, 0) is 0 Å². The standard InChI is InChI=1S/C10H13F3N2.C2H2/c1-5(2)8(10(11,12)13)9-6(3)14-7(4)15-9;1-2/h1-4H3,(H,14,15);1-2H. The van der Waals surface area contributed by atoms with Crippen LogP contribution in [-0.4, -0.2) is 16.1 Å². The Morgan fingerprint density at radius 1 is 1.18 bits per heavy atom. The van der Waals surface area contributed by atoms with Gasteiger partial charge in [0, 0.05) is 5.69 Å². The van der Waals surface area contributed by atoms with Gasteiger partial charge in [-0.25, -0.2) is 4.98 Å². The molecule has 0 aliphatic rings. The van der Waals surface area contributed by atoms with E-state index in [9.17, 15) is 13.2 Å². The van der Waals surface area contributed by atoms with Crippen LogP contribution in [0.4, 0.5) is 13.2 Å². The van der Waals surface area contributed by atoms with Crippen LogP contribution in [0.1, 0.15) is 31.1 Å². The Hall–Kier alpha value is -1.70. The van der Waals surface area contributed by atoms with E-state index in [1.807, 2.05) is 0 Å². The average Bonchev–Trinajstić information content (AvgIpc) is 2.46. The van der Waals surface area contributed by atoms with Crippen LogP contribution in [0.2, 0.25) is 0 Å². The molecule has 0 unspecified atom stereocenters. The van der Waals surface area contributed by atoms with Gasteiger partial charge in [0.15, 0.2) is 0 Å². The quantitative estimate of drug-likeness (QED) is 0.751. The van der Waals surface area contributed by atoms with E-state index >= 15 is 0 Å². The highest BCUT2D eigenvalue weighted by Crippen LogP contribution is 2.36. The van der Waals surface area contributed by atoms with Crippen LogP contribution < -0.4 is 0 Å². The molecule has 0 amide bonds. The molecule has 94 valence electrons. The predicted molar refractivity (Wildman–Crippen MR) is 62.3 cm³/mol. The van der Waals surface area contributed by atoms with E-state index < -0.39 is 11.7 Å². The smallest absolute Gasteiger partial charge is 0.346 e. The van der Waals surface area contributed by atoms with Gasteiger partial charge < -0.3 is 4.98 Å². The van der Waals surface area contributed by atoms with Crippen molar-refractivity contribution in [3.63, 3.8) is 0 Å². The molecule has 1 N–H and O–H groups in total. The second-order valence-electron chi connectivity index (χ2n) is 3.67. The topological polar surface area (TPSA) is 28.7 Å². The third kappa shape index (κ3) is 3.66. The van der Waals surface area contributed by atoms with Gasteiger partial charge in [-0.3, -0.25) is 0 Å². The third-order valence-electron chi connectivity index (χ3n) is 2.02. The Morgan fingerprint density at radius 3 is 1.88 bits per heavy atom. The minimum absolute atomic E-state index is 0.000000000000000222. The lowest BCUT2D eigenvalue weighted by atomic mass is 10.1. The minimum atomic E-state index is -4.36. The largest absolute Gasteiger partial charge is 0.418 e. The summed E-state index contributed by atoms with van der Waals surface area (Å²) in [6.45, 7) is 6.10. The molecule has 1 aromatic rings. The summed E-state index contributed by atoms with van der Waals surface area (Å²) < 4.78 is 38.2. The molecule has 0 radical (unpaired) electrons. The number of aryl methyl sites for hydroxylation is 2. The van der Waals surface area contributed by atoms with E-state index in [2.05, 4.69) is 22.8 Å². The Bertz CT molecular complexity index is 432. The van der Waals surface area contributed by atoms with E-state index in [0.29, 0.717) is 11.5 Å². The molecule has 1 heterocycles. The summed E-state index contributed by atoms with van der Waals surface area (Å²) in [4.78, 5) is 6.63. The highest BCUT2D eigenvalue weighted by Gasteiger charge is 2.37. The van der Waals surface area contributed by atoms with Gasteiger partial charge in [-0.15, -0.1) is 12.8 Å². The van der Waals surface area contributed by atoms with Gasteiger partial charge in [0.25, 0.3) is 0 Å². The number of aromatic amines is 1. The maximum absolute atomic E-state index is 12.7. The molecule has 0 aromatic carbocycles. The molecule has 0 aliphatic carbocycles. The fourth-order valence-electron chi connectivity index (χ4n) is 1.51. The number of terminal acetylenes is 1. The van der Waals surface area contributed by atoms with Crippen LogP contribution in [0, 0.1) is 26.7 Å². The van der Waals surface area contributed by atoms with Gasteiger partial charge in [-0.2, -0.15) is 13.2 Å². The molecule has 0 bridgehead atoms. The van der Waals surface area contributed by atoms with Crippen LogP contribution in [0.15, 0.2) is 5.57 Å². The average molecular weight is 244 g/mol. The zero-order chi connectivity index (χ0) is 13.8. The number of hydrogen-bond acceptors (Lipinski definition) is 1. The lowest BCUT2D eigenvalue weighted by Crippen LogP contribution is -2.13. The van der Waals surface area contributed by atoms with Crippen molar-refractivity contribution < 1.29 is 13.2 Å². The fourth-order valence-corrected chi connectivity index (χ4v) is 1.51. The molecular formula is C12H15F3N2. The molecule has 5 heteroatoms. The number of nitrogens with zero attached hydrogens (tertiary/aromatic N) is 1. The number of nitrogens with one attached hydrogen (secondary N) is 1. The number of halogens is 3. The predicted octanol–water partition coefficient (Wildman–Crippen LogP) is 3.63. The summed E-state index contributed by atoms with van der Waals surface area (Å²) in [7, 11) is 0. The lowest BCUT2D eigenvalue weighted by Gasteiger charge is -2.12.